The average Bonchev–Trinajstić information content (AvgIpc) is 2.55. The highest BCUT2D eigenvalue weighted by Gasteiger charge is 2.37. The highest BCUT2D eigenvalue weighted by atomic mass is 32.2. The molecule has 24 heavy (non-hydrogen) atoms. The number of rotatable bonds is 5. The number of aliphatic hydroxyl groups excluding tert-OH is 1. The number of halogens is 2. The van der Waals surface area contributed by atoms with Crippen molar-refractivity contribution in [3.8, 4) is 5.75 Å². The van der Waals surface area contributed by atoms with Gasteiger partial charge in [-0.25, -0.2) is 17.2 Å². The van der Waals surface area contributed by atoms with Gasteiger partial charge >= 0.3 is 0 Å². The predicted molar refractivity (Wildman–Crippen MR) is 83.4 cm³/mol. The van der Waals surface area contributed by atoms with Gasteiger partial charge in [0.1, 0.15) is 5.82 Å². The molecule has 2 heterocycles. The third kappa shape index (κ3) is 3.31. The summed E-state index contributed by atoms with van der Waals surface area (Å²) in [5, 5.41) is 8.78. The largest absolute Gasteiger partial charge is 0.489 e. The lowest BCUT2D eigenvalue weighted by Gasteiger charge is -2.37. The fourth-order valence-electron chi connectivity index (χ4n) is 3.15. The van der Waals surface area contributed by atoms with Crippen molar-refractivity contribution in [2.24, 2.45) is 5.92 Å². The first kappa shape index (κ1) is 17.3. The summed E-state index contributed by atoms with van der Waals surface area (Å²) in [5.74, 6) is -2.10. The lowest BCUT2D eigenvalue weighted by molar-refractivity contribution is 0.0171. The Labute approximate surface area is 138 Å². The van der Waals surface area contributed by atoms with Gasteiger partial charge in [-0.05, 0) is 24.1 Å². The van der Waals surface area contributed by atoms with Crippen LogP contribution in [-0.2, 0) is 14.6 Å². The molecule has 3 rings (SSSR count). The van der Waals surface area contributed by atoms with Gasteiger partial charge in [-0.1, -0.05) is 6.08 Å². The zero-order chi connectivity index (χ0) is 17.3. The summed E-state index contributed by atoms with van der Waals surface area (Å²) in [5.41, 5.74) is 0.696. The van der Waals surface area contributed by atoms with Crippen molar-refractivity contribution < 1.29 is 31.8 Å². The lowest BCUT2D eigenvalue weighted by atomic mass is 9.83. The zero-order valence-electron chi connectivity index (χ0n) is 12.9. The molecule has 0 saturated carbocycles. The number of ether oxygens (including phenoxy) is 2. The van der Waals surface area contributed by atoms with E-state index in [1.54, 1.807) is 6.08 Å². The normalized spacial score (nSPS) is 23.0. The Morgan fingerprint density at radius 3 is 2.71 bits per heavy atom. The average molecular weight is 360 g/mol. The number of aliphatic hydroxyl groups is 1. The van der Waals surface area contributed by atoms with E-state index in [1.807, 2.05) is 0 Å². The summed E-state index contributed by atoms with van der Waals surface area (Å²) >= 11 is 0. The van der Waals surface area contributed by atoms with Gasteiger partial charge in [0.2, 0.25) is 0 Å². The molecular weight excluding hydrogens is 342 g/mol. The highest BCUT2D eigenvalue weighted by Crippen LogP contribution is 2.43. The van der Waals surface area contributed by atoms with Gasteiger partial charge in [-0.2, -0.15) is 0 Å². The lowest BCUT2D eigenvalue weighted by Crippen LogP contribution is -2.38. The first-order chi connectivity index (χ1) is 11.4. The Morgan fingerprint density at radius 2 is 1.96 bits per heavy atom. The maximum Gasteiger partial charge on any atom is 0.165 e. The van der Waals surface area contributed by atoms with Crippen molar-refractivity contribution in [1.29, 1.82) is 0 Å². The monoisotopic (exact) mass is 360 g/mol. The second-order valence-corrected chi connectivity index (χ2v) is 8.15. The van der Waals surface area contributed by atoms with E-state index in [2.05, 4.69) is 0 Å². The Bertz CT molecular complexity index is 760. The van der Waals surface area contributed by atoms with Crippen LogP contribution in [0.5, 0.6) is 5.75 Å². The van der Waals surface area contributed by atoms with Crippen LogP contribution in [0.4, 0.5) is 8.78 Å². The van der Waals surface area contributed by atoms with Crippen LogP contribution in [0.15, 0.2) is 18.2 Å². The molecule has 0 radical (unpaired) electrons. The zero-order valence-corrected chi connectivity index (χ0v) is 13.7. The molecule has 1 aromatic carbocycles. The molecule has 0 saturated heterocycles. The minimum Gasteiger partial charge on any atom is -0.489 e. The van der Waals surface area contributed by atoms with Gasteiger partial charge < -0.3 is 14.6 Å². The Kier molecular flexibility index (Phi) is 4.89. The van der Waals surface area contributed by atoms with Crippen LogP contribution >= 0.6 is 0 Å². The smallest absolute Gasteiger partial charge is 0.165 e. The van der Waals surface area contributed by atoms with Gasteiger partial charge in [-0.3, -0.25) is 0 Å². The molecule has 1 N–H and O–H groups in total. The molecule has 8 heteroatoms. The minimum absolute atomic E-state index is 0.0952. The highest BCUT2D eigenvalue weighted by molar-refractivity contribution is 7.91. The molecule has 132 valence electrons. The second kappa shape index (κ2) is 6.78. The second-order valence-electron chi connectivity index (χ2n) is 5.85. The Balaban J connectivity index is 1.83. The standard InChI is InChI=1S/C16H18F2O5S/c17-12-1-2-13(18)16-15(12)10-3-6-22-14(11(10)9-23-16)4-7-24(20,21)8-5-19/h1-3,11,14,19H,4-9H2/t11-,14+/m1/s1. The van der Waals surface area contributed by atoms with E-state index in [0.717, 1.165) is 12.1 Å². The number of hydrogen-bond acceptors (Lipinski definition) is 5. The van der Waals surface area contributed by atoms with E-state index >= 15 is 0 Å². The first-order valence-electron chi connectivity index (χ1n) is 7.67. The molecule has 0 spiro atoms. The van der Waals surface area contributed by atoms with Crippen LogP contribution in [0.1, 0.15) is 12.0 Å². The van der Waals surface area contributed by atoms with Crippen molar-refractivity contribution in [2.75, 3.05) is 31.3 Å². The van der Waals surface area contributed by atoms with Gasteiger partial charge in [-0.15, -0.1) is 0 Å². The van der Waals surface area contributed by atoms with Gasteiger partial charge in [0.05, 0.1) is 43.0 Å². The van der Waals surface area contributed by atoms with Gasteiger partial charge in [0.15, 0.2) is 21.4 Å². The molecule has 0 bridgehead atoms. The molecule has 0 fully saturated rings. The van der Waals surface area contributed by atoms with Gasteiger partial charge in [0.25, 0.3) is 0 Å². The van der Waals surface area contributed by atoms with Crippen LogP contribution in [0.3, 0.4) is 0 Å². The third-order valence-corrected chi connectivity index (χ3v) is 5.99. The van der Waals surface area contributed by atoms with E-state index in [0.29, 0.717) is 5.57 Å². The van der Waals surface area contributed by atoms with Crippen molar-refractivity contribution in [3.63, 3.8) is 0 Å². The van der Waals surface area contributed by atoms with Crippen molar-refractivity contribution in [1.82, 2.24) is 0 Å². The fraction of sp³-hybridized carbons (Fsp3) is 0.500. The van der Waals surface area contributed by atoms with E-state index in [-0.39, 0.29) is 48.4 Å². The minimum atomic E-state index is -3.37. The molecular formula is C16H18F2O5S. The molecule has 0 aromatic heterocycles. The summed E-state index contributed by atoms with van der Waals surface area (Å²) in [6.07, 6.45) is 1.43. The topological polar surface area (TPSA) is 72.8 Å². The summed E-state index contributed by atoms with van der Waals surface area (Å²) in [6, 6.07) is 2.07. The number of hydrogen-bond donors (Lipinski definition) is 1. The summed E-state index contributed by atoms with van der Waals surface area (Å²) in [6.45, 7) is -0.126. The maximum absolute atomic E-state index is 14.2. The van der Waals surface area contributed by atoms with Crippen LogP contribution in [0, 0.1) is 17.6 Å². The number of benzene rings is 1. The van der Waals surface area contributed by atoms with E-state index in [4.69, 9.17) is 14.6 Å². The SMILES string of the molecule is O=S(=O)(CCO)CC[C@@H]1OCC=C2c3c(F)ccc(F)c3OC[C@H]21. The predicted octanol–water partition coefficient (Wildman–Crippen LogP) is 1.55. The summed E-state index contributed by atoms with van der Waals surface area (Å²) in [4.78, 5) is 0. The van der Waals surface area contributed by atoms with Crippen molar-refractivity contribution in [3.05, 3.63) is 35.4 Å². The van der Waals surface area contributed by atoms with Crippen molar-refractivity contribution in [2.45, 2.75) is 12.5 Å². The number of sulfone groups is 1. The van der Waals surface area contributed by atoms with E-state index in [9.17, 15) is 17.2 Å². The molecule has 0 amide bonds. The molecule has 0 aliphatic carbocycles. The molecule has 0 unspecified atom stereocenters. The summed E-state index contributed by atoms with van der Waals surface area (Å²) in [7, 11) is -3.37. The molecule has 2 aliphatic rings. The molecule has 1 aromatic rings. The number of fused-ring (bicyclic) bond motifs is 3. The first-order valence-corrected chi connectivity index (χ1v) is 9.49. The summed E-state index contributed by atoms with van der Waals surface area (Å²) < 4.78 is 62.5. The van der Waals surface area contributed by atoms with Crippen LogP contribution < -0.4 is 4.74 Å². The molecule has 2 aliphatic heterocycles. The third-order valence-electron chi connectivity index (χ3n) is 4.33. The van der Waals surface area contributed by atoms with Crippen LogP contribution in [0.25, 0.3) is 5.57 Å². The Hall–Kier alpha value is -1.51. The molecule has 2 atom stereocenters. The van der Waals surface area contributed by atoms with E-state index in [1.165, 1.54) is 0 Å². The quantitative estimate of drug-likeness (QED) is 0.863. The van der Waals surface area contributed by atoms with Gasteiger partial charge in [0, 0.05) is 5.92 Å². The van der Waals surface area contributed by atoms with Crippen LogP contribution in [-0.4, -0.2) is 51.0 Å². The van der Waals surface area contributed by atoms with Crippen molar-refractivity contribution >= 4 is 15.4 Å². The van der Waals surface area contributed by atoms with E-state index < -0.39 is 34.2 Å². The Morgan fingerprint density at radius 1 is 1.21 bits per heavy atom. The van der Waals surface area contributed by atoms with Crippen LogP contribution in [0.2, 0.25) is 0 Å². The molecule has 5 nitrogen and oxygen atoms in total. The maximum atomic E-state index is 14.2. The fourth-order valence-corrected chi connectivity index (χ4v) is 4.23.